The fourth-order valence-corrected chi connectivity index (χ4v) is 1.83. The van der Waals surface area contributed by atoms with Gasteiger partial charge in [-0.25, -0.2) is 4.79 Å². The summed E-state index contributed by atoms with van der Waals surface area (Å²) in [6, 6.07) is 3.01. The summed E-state index contributed by atoms with van der Waals surface area (Å²) in [7, 11) is 1.52. The minimum Gasteiger partial charge on any atom is -0.480 e. The largest absolute Gasteiger partial charge is 0.480 e. The van der Waals surface area contributed by atoms with Gasteiger partial charge in [0.2, 0.25) is 0 Å². The van der Waals surface area contributed by atoms with Crippen LogP contribution in [-0.2, 0) is 9.53 Å². The molecule has 1 rings (SSSR count). The van der Waals surface area contributed by atoms with E-state index >= 15 is 0 Å². The zero-order valence-electron chi connectivity index (χ0n) is 10.8. The van der Waals surface area contributed by atoms with Gasteiger partial charge >= 0.3 is 5.97 Å². The second kappa shape index (κ2) is 7.66. The molecule has 0 saturated heterocycles. The van der Waals surface area contributed by atoms with Crippen LogP contribution in [0.2, 0.25) is 5.02 Å². The van der Waals surface area contributed by atoms with Gasteiger partial charge in [-0.05, 0) is 25.0 Å². The van der Waals surface area contributed by atoms with Crippen LogP contribution in [0.15, 0.2) is 18.2 Å². The molecule has 1 aromatic carbocycles. The van der Waals surface area contributed by atoms with Crippen molar-refractivity contribution in [2.45, 2.75) is 18.9 Å². The van der Waals surface area contributed by atoms with E-state index in [0.29, 0.717) is 18.1 Å². The van der Waals surface area contributed by atoms with E-state index in [0.717, 1.165) is 0 Å². The summed E-state index contributed by atoms with van der Waals surface area (Å²) in [6.45, 7) is 0.420. The van der Waals surface area contributed by atoms with Crippen molar-refractivity contribution in [2.75, 3.05) is 19.0 Å². The summed E-state index contributed by atoms with van der Waals surface area (Å²) in [6.07, 6.45) is 0.807. The third kappa shape index (κ3) is 4.67. The van der Waals surface area contributed by atoms with E-state index < -0.39 is 16.9 Å². The molecule has 0 bridgehead atoms. The van der Waals surface area contributed by atoms with Crippen LogP contribution in [0.5, 0.6) is 0 Å². The average molecular weight is 303 g/mol. The molecule has 0 saturated carbocycles. The molecule has 0 aliphatic rings. The molecule has 1 aromatic rings. The minimum absolute atomic E-state index is 0.0901. The van der Waals surface area contributed by atoms with Crippen molar-refractivity contribution >= 4 is 28.9 Å². The Labute approximate surface area is 120 Å². The molecule has 0 heterocycles. The quantitative estimate of drug-likeness (QED) is 0.434. The van der Waals surface area contributed by atoms with Gasteiger partial charge < -0.3 is 15.2 Å². The highest BCUT2D eigenvalue weighted by molar-refractivity contribution is 6.31. The first-order valence-corrected chi connectivity index (χ1v) is 6.25. The lowest BCUT2D eigenvalue weighted by atomic mass is 10.1. The number of methoxy groups -OCH3 is 1. The summed E-state index contributed by atoms with van der Waals surface area (Å²) in [5, 5.41) is 23.0. The number of nitro groups is 1. The third-order valence-electron chi connectivity index (χ3n) is 2.62. The van der Waals surface area contributed by atoms with Gasteiger partial charge in [-0.1, -0.05) is 11.6 Å². The number of carboxylic acids is 1. The van der Waals surface area contributed by atoms with Crippen molar-refractivity contribution in [2.24, 2.45) is 0 Å². The van der Waals surface area contributed by atoms with Gasteiger partial charge in [0.25, 0.3) is 5.69 Å². The van der Waals surface area contributed by atoms with Crippen LogP contribution in [0.3, 0.4) is 0 Å². The standard InChI is InChI=1S/C12H15ClN2O5/c1-20-6-2-3-9(12(16)17)14-10-7-8(13)4-5-11(10)15(18)19/h4-5,7,9,14H,2-3,6H2,1H3,(H,16,17). The van der Waals surface area contributed by atoms with Crippen LogP contribution in [0, 0.1) is 10.1 Å². The van der Waals surface area contributed by atoms with Gasteiger partial charge in [-0.2, -0.15) is 0 Å². The summed E-state index contributed by atoms with van der Waals surface area (Å²) < 4.78 is 4.85. The fourth-order valence-electron chi connectivity index (χ4n) is 1.66. The predicted molar refractivity (Wildman–Crippen MR) is 74.3 cm³/mol. The summed E-state index contributed by atoms with van der Waals surface area (Å²) in [5.74, 6) is -1.09. The molecule has 0 aliphatic carbocycles. The number of nitrogens with zero attached hydrogens (tertiary/aromatic N) is 1. The first-order chi connectivity index (χ1) is 9.45. The zero-order chi connectivity index (χ0) is 15.1. The number of nitrogens with one attached hydrogen (secondary N) is 1. The Hall–Kier alpha value is -1.86. The third-order valence-corrected chi connectivity index (χ3v) is 2.86. The molecule has 0 aromatic heterocycles. The van der Waals surface area contributed by atoms with E-state index in [-0.39, 0.29) is 17.8 Å². The molecular formula is C12H15ClN2O5. The number of carbonyl (C=O) groups is 1. The Balaban J connectivity index is 2.89. The van der Waals surface area contributed by atoms with E-state index in [1.807, 2.05) is 0 Å². The topological polar surface area (TPSA) is 102 Å². The van der Waals surface area contributed by atoms with Crippen LogP contribution in [0.4, 0.5) is 11.4 Å². The lowest BCUT2D eigenvalue weighted by Crippen LogP contribution is -2.29. The number of benzene rings is 1. The van der Waals surface area contributed by atoms with Crippen molar-refractivity contribution in [3.8, 4) is 0 Å². The maximum atomic E-state index is 11.2. The van der Waals surface area contributed by atoms with Gasteiger partial charge in [-0.15, -0.1) is 0 Å². The van der Waals surface area contributed by atoms with E-state index in [1.165, 1.54) is 25.3 Å². The summed E-state index contributed by atoms with van der Waals surface area (Å²) in [4.78, 5) is 21.5. The summed E-state index contributed by atoms with van der Waals surface area (Å²) in [5.41, 5.74) is -0.125. The Bertz CT molecular complexity index is 495. The molecule has 0 spiro atoms. The van der Waals surface area contributed by atoms with E-state index in [2.05, 4.69) is 5.32 Å². The van der Waals surface area contributed by atoms with Crippen molar-refractivity contribution in [1.29, 1.82) is 0 Å². The normalized spacial score (nSPS) is 11.9. The van der Waals surface area contributed by atoms with E-state index in [4.69, 9.17) is 21.4 Å². The molecule has 110 valence electrons. The van der Waals surface area contributed by atoms with Gasteiger partial charge in [0.05, 0.1) is 4.92 Å². The van der Waals surface area contributed by atoms with Crippen LogP contribution < -0.4 is 5.32 Å². The monoisotopic (exact) mass is 302 g/mol. The van der Waals surface area contributed by atoms with Crippen LogP contribution >= 0.6 is 11.6 Å². The number of hydrogen-bond donors (Lipinski definition) is 2. The average Bonchev–Trinajstić information content (AvgIpc) is 2.37. The maximum absolute atomic E-state index is 11.2. The summed E-state index contributed by atoms with van der Waals surface area (Å²) >= 11 is 5.78. The zero-order valence-corrected chi connectivity index (χ0v) is 11.6. The molecule has 2 N–H and O–H groups in total. The molecule has 0 fully saturated rings. The maximum Gasteiger partial charge on any atom is 0.326 e. The van der Waals surface area contributed by atoms with Crippen molar-refractivity contribution in [3.05, 3.63) is 33.3 Å². The fraction of sp³-hybridized carbons (Fsp3) is 0.417. The first-order valence-electron chi connectivity index (χ1n) is 5.88. The first kappa shape index (κ1) is 16.2. The molecule has 1 unspecified atom stereocenters. The molecular weight excluding hydrogens is 288 g/mol. The van der Waals surface area contributed by atoms with Crippen LogP contribution in [0.25, 0.3) is 0 Å². The smallest absolute Gasteiger partial charge is 0.326 e. The van der Waals surface area contributed by atoms with E-state index in [1.54, 1.807) is 0 Å². The molecule has 0 radical (unpaired) electrons. The Morgan fingerprint density at radius 3 is 2.85 bits per heavy atom. The highest BCUT2D eigenvalue weighted by atomic mass is 35.5. The van der Waals surface area contributed by atoms with Gasteiger partial charge in [0.15, 0.2) is 0 Å². The van der Waals surface area contributed by atoms with Crippen molar-refractivity contribution < 1.29 is 19.6 Å². The van der Waals surface area contributed by atoms with Crippen LogP contribution in [0.1, 0.15) is 12.8 Å². The molecule has 0 aliphatic heterocycles. The highest BCUT2D eigenvalue weighted by Crippen LogP contribution is 2.28. The molecule has 7 nitrogen and oxygen atoms in total. The van der Waals surface area contributed by atoms with Crippen LogP contribution in [-0.4, -0.2) is 35.8 Å². The van der Waals surface area contributed by atoms with Gasteiger partial charge in [0, 0.05) is 24.8 Å². The number of ether oxygens (including phenoxy) is 1. The van der Waals surface area contributed by atoms with Crippen molar-refractivity contribution in [3.63, 3.8) is 0 Å². The second-order valence-electron chi connectivity index (χ2n) is 4.09. The lowest BCUT2D eigenvalue weighted by Gasteiger charge is -2.15. The Kier molecular flexibility index (Phi) is 6.20. The highest BCUT2D eigenvalue weighted by Gasteiger charge is 2.22. The van der Waals surface area contributed by atoms with Gasteiger partial charge in [0.1, 0.15) is 11.7 Å². The molecule has 20 heavy (non-hydrogen) atoms. The molecule has 1 atom stereocenters. The minimum atomic E-state index is -1.09. The number of anilines is 1. The van der Waals surface area contributed by atoms with Crippen molar-refractivity contribution in [1.82, 2.24) is 0 Å². The number of rotatable bonds is 8. The number of carboxylic acid groups (broad SMARTS) is 1. The Morgan fingerprint density at radius 2 is 2.30 bits per heavy atom. The second-order valence-corrected chi connectivity index (χ2v) is 4.53. The SMILES string of the molecule is COCCCC(Nc1cc(Cl)ccc1[N+](=O)[O-])C(=O)O. The Morgan fingerprint density at radius 1 is 1.60 bits per heavy atom. The van der Waals surface area contributed by atoms with Gasteiger partial charge in [-0.3, -0.25) is 10.1 Å². The van der Waals surface area contributed by atoms with E-state index in [9.17, 15) is 14.9 Å². The lowest BCUT2D eigenvalue weighted by molar-refractivity contribution is -0.384. The predicted octanol–water partition coefficient (Wildman–Crippen LogP) is 2.54. The number of aliphatic carboxylic acids is 1. The number of nitro benzene ring substituents is 1. The number of hydrogen-bond acceptors (Lipinski definition) is 5. The number of halogens is 1. The molecule has 8 heteroatoms. The molecule has 0 amide bonds.